The molecule has 1 unspecified atom stereocenters. The Morgan fingerprint density at radius 1 is 0.762 bits per heavy atom. The van der Waals surface area contributed by atoms with Crippen LogP contribution in [0.3, 0.4) is 0 Å². The van der Waals surface area contributed by atoms with E-state index in [0.29, 0.717) is 0 Å². The lowest BCUT2D eigenvalue weighted by atomic mass is 9.79. The van der Waals surface area contributed by atoms with Crippen LogP contribution in [0.4, 0.5) is 0 Å². The maximum Gasteiger partial charge on any atom is 0.104 e. The van der Waals surface area contributed by atoms with Gasteiger partial charge in [-0.2, -0.15) is 0 Å². The van der Waals surface area contributed by atoms with Crippen LogP contribution in [0, 0.1) is 0 Å². The SMILES string of the molecule is OC(c1ccc(C2CC2)cc1)c1cccc(C2CCC2)c1. The van der Waals surface area contributed by atoms with Crippen LogP contribution in [0.15, 0.2) is 48.5 Å². The molecular weight excluding hydrogens is 256 g/mol. The van der Waals surface area contributed by atoms with Crippen molar-refractivity contribution in [1.29, 1.82) is 0 Å². The molecule has 0 spiro atoms. The summed E-state index contributed by atoms with van der Waals surface area (Å²) in [5, 5.41) is 10.6. The van der Waals surface area contributed by atoms with Crippen molar-refractivity contribution in [3.05, 3.63) is 70.8 Å². The molecule has 1 N–H and O–H groups in total. The molecule has 1 heteroatoms. The number of hydrogen-bond donors (Lipinski definition) is 1. The van der Waals surface area contributed by atoms with Crippen LogP contribution < -0.4 is 0 Å². The second-order valence-electron chi connectivity index (χ2n) is 6.64. The van der Waals surface area contributed by atoms with E-state index >= 15 is 0 Å². The highest BCUT2D eigenvalue weighted by Gasteiger charge is 2.24. The minimum atomic E-state index is -0.502. The third-order valence-corrected chi connectivity index (χ3v) is 5.10. The molecule has 2 aliphatic carbocycles. The van der Waals surface area contributed by atoms with Crippen molar-refractivity contribution >= 4 is 0 Å². The summed E-state index contributed by atoms with van der Waals surface area (Å²) in [7, 11) is 0. The highest BCUT2D eigenvalue weighted by Crippen LogP contribution is 2.40. The number of rotatable bonds is 4. The average Bonchev–Trinajstić information content (AvgIpc) is 3.30. The van der Waals surface area contributed by atoms with Crippen molar-refractivity contribution in [2.24, 2.45) is 0 Å². The average molecular weight is 278 g/mol. The van der Waals surface area contributed by atoms with Gasteiger partial charge in [0.15, 0.2) is 0 Å². The molecule has 2 aliphatic rings. The smallest absolute Gasteiger partial charge is 0.104 e. The third kappa shape index (κ3) is 2.63. The van der Waals surface area contributed by atoms with Crippen LogP contribution in [0.1, 0.15) is 72.3 Å². The van der Waals surface area contributed by atoms with Crippen molar-refractivity contribution < 1.29 is 5.11 Å². The van der Waals surface area contributed by atoms with Crippen LogP contribution in [0.25, 0.3) is 0 Å². The van der Waals surface area contributed by atoms with E-state index in [9.17, 15) is 5.11 Å². The number of aliphatic hydroxyl groups is 1. The molecule has 2 aromatic rings. The summed E-state index contributed by atoms with van der Waals surface area (Å²) in [6, 6.07) is 17.1. The van der Waals surface area contributed by atoms with Crippen molar-refractivity contribution in [1.82, 2.24) is 0 Å². The third-order valence-electron chi connectivity index (χ3n) is 5.10. The summed E-state index contributed by atoms with van der Waals surface area (Å²) in [6.07, 6.45) is 6.10. The molecule has 0 aliphatic heterocycles. The van der Waals surface area contributed by atoms with Gasteiger partial charge in [0, 0.05) is 0 Å². The van der Waals surface area contributed by atoms with Crippen LogP contribution in [-0.2, 0) is 0 Å². The highest BCUT2D eigenvalue weighted by molar-refractivity contribution is 5.36. The van der Waals surface area contributed by atoms with Gasteiger partial charge in [0.1, 0.15) is 6.10 Å². The first-order chi connectivity index (χ1) is 10.3. The second-order valence-corrected chi connectivity index (χ2v) is 6.64. The van der Waals surface area contributed by atoms with E-state index in [4.69, 9.17) is 0 Å². The van der Waals surface area contributed by atoms with Crippen LogP contribution in [0.2, 0.25) is 0 Å². The van der Waals surface area contributed by atoms with Gasteiger partial charge in [-0.1, -0.05) is 55.0 Å². The first-order valence-electron chi connectivity index (χ1n) is 8.19. The number of hydrogen-bond acceptors (Lipinski definition) is 1. The second kappa shape index (κ2) is 5.31. The molecule has 2 fully saturated rings. The molecule has 108 valence electrons. The fraction of sp³-hybridized carbons (Fsp3) is 0.400. The zero-order valence-electron chi connectivity index (χ0n) is 12.3. The van der Waals surface area contributed by atoms with Crippen molar-refractivity contribution in [3.63, 3.8) is 0 Å². The van der Waals surface area contributed by atoms with E-state index in [1.165, 1.54) is 43.2 Å². The summed E-state index contributed by atoms with van der Waals surface area (Å²) in [6.45, 7) is 0. The zero-order chi connectivity index (χ0) is 14.2. The summed E-state index contributed by atoms with van der Waals surface area (Å²) in [5.74, 6) is 1.49. The molecule has 0 aromatic heterocycles. The molecule has 0 amide bonds. The molecule has 1 nitrogen and oxygen atoms in total. The zero-order valence-corrected chi connectivity index (χ0v) is 12.3. The largest absolute Gasteiger partial charge is 0.384 e. The van der Waals surface area contributed by atoms with E-state index < -0.39 is 6.10 Å². The Morgan fingerprint density at radius 2 is 1.48 bits per heavy atom. The first-order valence-corrected chi connectivity index (χ1v) is 8.19. The van der Waals surface area contributed by atoms with Crippen LogP contribution in [-0.4, -0.2) is 5.11 Å². The summed E-state index contributed by atoms with van der Waals surface area (Å²) in [4.78, 5) is 0. The summed E-state index contributed by atoms with van der Waals surface area (Å²) in [5.41, 5.74) is 4.85. The van der Waals surface area contributed by atoms with Crippen molar-refractivity contribution in [2.75, 3.05) is 0 Å². The molecule has 0 heterocycles. The van der Waals surface area contributed by atoms with Gasteiger partial charge in [-0.3, -0.25) is 0 Å². The fourth-order valence-corrected chi connectivity index (χ4v) is 3.28. The molecule has 2 aromatic carbocycles. The van der Waals surface area contributed by atoms with Gasteiger partial charge in [0.05, 0.1) is 0 Å². The Hall–Kier alpha value is -1.60. The summed E-state index contributed by atoms with van der Waals surface area (Å²) >= 11 is 0. The normalized spacial score (nSPS) is 20.0. The first kappa shape index (κ1) is 13.1. The Kier molecular flexibility index (Phi) is 3.31. The Bertz CT molecular complexity index is 621. The van der Waals surface area contributed by atoms with Crippen LogP contribution in [0.5, 0.6) is 0 Å². The van der Waals surface area contributed by atoms with E-state index in [1.807, 2.05) is 6.07 Å². The Morgan fingerprint density at radius 3 is 2.10 bits per heavy atom. The lowest BCUT2D eigenvalue weighted by Crippen LogP contribution is -2.09. The lowest BCUT2D eigenvalue weighted by molar-refractivity contribution is 0.220. The molecule has 1 atom stereocenters. The predicted molar refractivity (Wildman–Crippen MR) is 85.5 cm³/mol. The minimum absolute atomic E-state index is 0.502. The van der Waals surface area contributed by atoms with Gasteiger partial charge in [-0.25, -0.2) is 0 Å². The van der Waals surface area contributed by atoms with Crippen molar-refractivity contribution in [3.8, 4) is 0 Å². The Labute approximate surface area is 126 Å². The molecule has 0 bridgehead atoms. The topological polar surface area (TPSA) is 20.2 Å². The molecule has 2 saturated carbocycles. The van der Waals surface area contributed by atoms with Gasteiger partial charge in [0.2, 0.25) is 0 Å². The van der Waals surface area contributed by atoms with E-state index in [1.54, 1.807) is 0 Å². The standard InChI is InChI=1S/C20H22O/c21-20(17-11-9-16(10-12-17)15-7-8-15)19-6-2-5-18(13-19)14-3-1-4-14/h2,5-6,9-15,20-21H,1,3-4,7-8H2. The molecule has 0 radical (unpaired) electrons. The lowest BCUT2D eigenvalue weighted by Gasteiger charge is -2.26. The monoisotopic (exact) mass is 278 g/mol. The van der Waals surface area contributed by atoms with Gasteiger partial charge in [-0.15, -0.1) is 0 Å². The van der Waals surface area contributed by atoms with E-state index in [2.05, 4.69) is 42.5 Å². The number of benzene rings is 2. The van der Waals surface area contributed by atoms with Crippen molar-refractivity contribution in [2.45, 2.75) is 50.0 Å². The minimum Gasteiger partial charge on any atom is -0.384 e. The maximum absolute atomic E-state index is 10.6. The summed E-state index contributed by atoms with van der Waals surface area (Å²) < 4.78 is 0. The molecule has 0 saturated heterocycles. The maximum atomic E-state index is 10.6. The molecule has 4 rings (SSSR count). The van der Waals surface area contributed by atoms with E-state index in [0.717, 1.165) is 23.0 Å². The predicted octanol–water partition coefficient (Wildman–Crippen LogP) is 4.91. The van der Waals surface area contributed by atoms with Crippen LogP contribution >= 0.6 is 0 Å². The highest BCUT2D eigenvalue weighted by atomic mass is 16.3. The Balaban J connectivity index is 1.56. The van der Waals surface area contributed by atoms with E-state index in [-0.39, 0.29) is 0 Å². The quantitative estimate of drug-likeness (QED) is 0.842. The molecule has 21 heavy (non-hydrogen) atoms. The van der Waals surface area contributed by atoms with Gasteiger partial charge in [-0.05, 0) is 59.8 Å². The number of aliphatic hydroxyl groups excluding tert-OH is 1. The van der Waals surface area contributed by atoms with Gasteiger partial charge < -0.3 is 5.11 Å². The van der Waals surface area contributed by atoms with Gasteiger partial charge in [0.25, 0.3) is 0 Å². The fourth-order valence-electron chi connectivity index (χ4n) is 3.28. The molecular formula is C20H22O. The van der Waals surface area contributed by atoms with Gasteiger partial charge >= 0.3 is 0 Å².